The Morgan fingerprint density at radius 1 is 1.20 bits per heavy atom. The fraction of sp³-hybridized carbons (Fsp3) is 0.176. The number of nitrogens with one attached hydrogen (secondary N) is 2. The third-order valence-corrected chi connectivity index (χ3v) is 4.02. The molecule has 2 aromatic heterocycles. The Morgan fingerprint density at radius 3 is 2.72 bits per heavy atom. The summed E-state index contributed by atoms with van der Waals surface area (Å²) in [4.78, 5) is 13.0. The summed E-state index contributed by atoms with van der Waals surface area (Å²) in [5.74, 6) is 1.58. The van der Waals surface area contributed by atoms with Crippen molar-refractivity contribution >= 4 is 17.5 Å². The fourth-order valence-electron chi connectivity index (χ4n) is 2.89. The number of para-hydroxylation sites is 1. The van der Waals surface area contributed by atoms with E-state index in [4.69, 9.17) is 4.42 Å². The van der Waals surface area contributed by atoms with Gasteiger partial charge in [0, 0.05) is 11.4 Å². The number of benzene rings is 1. The number of fused-ring (bicyclic) bond motifs is 1. The third-order valence-electron chi connectivity index (χ3n) is 4.02. The molecule has 0 spiro atoms. The molecule has 0 bridgehead atoms. The molecule has 1 aliphatic heterocycles. The monoisotopic (exact) mass is 336 g/mol. The van der Waals surface area contributed by atoms with E-state index in [0.29, 0.717) is 28.7 Å². The van der Waals surface area contributed by atoms with Crippen molar-refractivity contribution in [2.45, 2.75) is 19.9 Å². The van der Waals surface area contributed by atoms with Crippen LogP contribution < -0.4 is 10.6 Å². The molecule has 8 heteroatoms. The van der Waals surface area contributed by atoms with E-state index in [1.165, 1.54) is 0 Å². The van der Waals surface area contributed by atoms with Gasteiger partial charge in [-0.15, -0.1) is 0 Å². The van der Waals surface area contributed by atoms with Crippen LogP contribution in [-0.4, -0.2) is 26.1 Å². The molecule has 0 saturated heterocycles. The second-order valence-electron chi connectivity index (χ2n) is 5.78. The van der Waals surface area contributed by atoms with Crippen molar-refractivity contribution in [3.05, 3.63) is 65.3 Å². The van der Waals surface area contributed by atoms with E-state index in [0.717, 1.165) is 5.76 Å². The van der Waals surface area contributed by atoms with Crippen LogP contribution in [0.15, 0.2) is 58.2 Å². The molecular formula is C17H16N6O2. The summed E-state index contributed by atoms with van der Waals surface area (Å²) in [5, 5.41) is 17.6. The standard InChI is InChI=1S/C17H16N6O2/c1-10-8-9-13(25-10)15-14(11(2)18-17-20-21-22-23(15)17)16(24)19-12-6-4-3-5-7-12/h3-9,15H,1-2H3,(H,19,24)(H,18,20,22)/t15-/m1/s1. The molecule has 2 N–H and O–H groups in total. The number of hydrogen-bond acceptors (Lipinski definition) is 6. The van der Waals surface area contributed by atoms with E-state index >= 15 is 0 Å². The smallest absolute Gasteiger partial charge is 0.256 e. The van der Waals surface area contributed by atoms with Crippen molar-refractivity contribution in [1.82, 2.24) is 20.2 Å². The lowest BCUT2D eigenvalue weighted by Gasteiger charge is -2.26. The van der Waals surface area contributed by atoms with Gasteiger partial charge in [0.2, 0.25) is 5.95 Å². The lowest BCUT2D eigenvalue weighted by Crippen LogP contribution is -2.31. The molecule has 1 aromatic carbocycles. The minimum Gasteiger partial charge on any atom is -0.464 e. The van der Waals surface area contributed by atoms with Gasteiger partial charge in [0.25, 0.3) is 5.91 Å². The van der Waals surface area contributed by atoms with Gasteiger partial charge in [0.05, 0.1) is 5.57 Å². The summed E-state index contributed by atoms with van der Waals surface area (Å²) < 4.78 is 7.32. The van der Waals surface area contributed by atoms with Crippen LogP contribution >= 0.6 is 0 Å². The summed E-state index contributed by atoms with van der Waals surface area (Å²) in [6, 6.07) is 12.4. The normalized spacial score (nSPS) is 16.3. The van der Waals surface area contributed by atoms with Gasteiger partial charge in [-0.25, -0.2) is 0 Å². The topological polar surface area (TPSA) is 97.9 Å². The minimum atomic E-state index is -0.538. The van der Waals surface area contributed by atoms with E-state index in [2.05, 4.69) is 26.2 Å². The molecule has 8 nitrogen and oxygen atoms in total. The predicted octanol–water partition coefficient (Wildman–Crippen LogP) is 2.50. The number of hydrogen-bond donors (Lipinski definition) is 2. The first-order valence-electron chi connectivity index (χ1n) is 7.82. The quantitative estimate of drug-likeness (QED) is 0.762. The molecule has 0 aliphatic carbocycles. The number of carbonyl (C=O) groups is 1. The number of amides is 1. The molecule has 1 aliphatic rings. The molecule has 0 fully saturated rings. The maximum absolute atomic E-state index is 13.0. The largest absolute Gasteiger partial charge is 0.464 e. The van der Waals surface area contributed by atoms with Crippen LogP contribution in [0.4, 0.5) is 11.6 Å². The highest BCUT2D eigenvalue weighted by molar-refractivity contribution is 6.05. The Hall–Kier alpha value is -3.42. The first kappa shape index (κ1) is 15.1. The zero-order chi connectivity index (χ0) is 17.4. The lowest BCUT2D eigenvalue weighted by atomic mass is 10.00. The van der Waals surface area contributed by atoms with Gasteiger partial charge < -0.3 is 15.1 Å². The molecule has 3 heterocycles. The van der Waals surface area contributed by atoms with E-state index < -0.39 is 6.04 Å². The van der Waals surface area contributed by atoms with Gasteiger partial charge in [-0.1, -0.05) is 23.3 Å². The van der Waals surface area contributed by atoms with Crippen LogP contribution in [0.3, 0.4) is 0 Å². The van der Waals surface area contributed by atoms with Crippen LogP contribution in [0.25, 0.3) is 0 Å². The number of aromatic nitrogens is 4. The van der Waals surface area contributed by atoms with Crippen LogP contribution in [0.1, 0.15) is 24.5 Å². The average molecular weight is 336 g/mol. The highest BCUT2D eigenvalue weighted by Crippen LogP contribution is 2.35. The number of nitrogens with zero attached hydrogens (tertiary/aromatic N) is 4. The maximum atomic E-state index is 13.0. The van der Waals surface area contributed by atoms with E-state index in [1.54, 1.807) is 4.68 Å². The van der Waals surface area contributed by atoms with Crippen molar-refractivity contribution in [2.24, 2.45) is 0 Å². The van der Waals surface area contributed by atoms with Crippen LogP contribution in [-0.2, 0) is 4.79 Å². The Bertz CT molecular complexity index is 956. The second-order valence-corrected chi connectivity index (χ2v) is 5.78. The summed E-state index contributed by atoms with van der Waals surface area (Å²) >= 11 is 0. The molecule has 0 saturated carbocycles. The molecule has 0 radical (unpaired) electrons. The third kappa shape index (κ3) is 2.67. The summed E-state index contributed by atoms with van der Waals surface area (Å²) in [6.45, 7) is 3.67. The minimum absolute atomic E-state index is 0.239. The zero-order valence-corrected chi connectivity index (χ0v) is 13.7. The Balaban J connectivity index is 1.76. The van der Waals surface area contributed by atoms with Crippen molar-refractivity contribution in [3.63, 3.8) is 0 Å². The summed E-state index contributed by atoms with van der Waals surface area (Å²) in [6.07, 6.45) is 0. The first-order valence-corrected chi connectivity index (χ1v) is 7.82. The molecule has 126 valence electrons. The van der Waals surface area contributed by atoms with Crippen molar-refractivity contribution in [2.75, 3.05) is 10.6 Å². The van der Waals surface area contributed by atoms with Gasteiger partial charge in [-0.05, 0) is 48.5 Å². The number of allylic oxidation sites excluding steroid dienone is 1. The second kappa shape index (κ2) is 5.90. The molecule has 1 atom stereocenters. The maximum Gasteiger partial charge on any atom is 0.256 e. The zero-order valence-electron chi connectivity index (χ0n) is 13.7. The number of aryl methyl sites for hydroxylation is 1. The lowest BCUT2D eigenvalue weighted by molar-refractivity contribution is -0.113. The summed E-state index contributed by atoms with van der Waals surface area (Å²) in [7, 11) is 0. The van der Waals surface area contributed by atoms with Gasteiger partial charge in [0.1, 0.15) is 17.6 Å². The van der Waals surface area contributed by atoms with E-state index in [-0.39, 0.29) is 5.91 Å². The number of rotatable bonds is 3. The van der Waals surface area contributed by atoms with Crippen molar-refractivity contribution in [1.29, 1.82) is 0 Å². The van der Waals surface area contributed by atoms with Gasteiger partial charge in [-0.2, -0.15) is 4.68 Å². The van der Waals surface area contributed by atoms with Gasteiger partial charge in [-0.3, -0.25) is 4.79 Å². The fourth-order valence-corrected chi connectivity index (χ4v) is 2.89. The van der Waals surface area contributed by atoms with E-state index in [9.17, 15) is 4.79 Å². The number of carbonyl (C=O) groups excluding carboxylic acids is 1. The van der Waals surface area contributed by atoms with Crippen LogP contribution in [0, 0.1) is 6.92 Å². The average Bonchev–Trinajstić information content (AvgIpc) is 3.23. The predicted molar refractivity (Wildman–Crippen MR) is 90.8 cm³/mol. The Labute approximate surface area is 143 Å². The molecule has 1 amide bonds. The SMILES string of the molecule is CC1=C(C(=O)Nc2ccccc2)[C@@H](c2ccc(C)o2)n2nnnc2N1. The number of anilines is 2. The van der Waals surface area contributed by atoms with Crippen LogP contribution in [0.2, 0.25) is 0 Å². The highest BCUT2D eigenvalue weighted by atomic mass is 16.3. The molecular weight excluding hydrogens is 320 g/mol. The van der Waals surface area contributed by atoms with Gasteiger partial charge in [0.15, 0.2) is 0 Å². The van der Waals surface area contributed by atoms with Crippen molar-refractivity contribution < 1.29 is 9.21 Å². The van der Waals surface area contributed by atoms with Crippen LogP contribution in [0.5, 0.6) is 0 Å². The highest BCUT2D eigenvalue weighted by Gasteiger charge is 2.35. The van der Waals surface area contributed by atoms with E-state index in [1.807, 2.05) is 56.3 Å². The summed E-state index contributed by atoms with van der Waals surface area (Å²) in [5.41, 5.74) is 1.89. The molecule has 0 unspecified atom stereocenters. The first-order chi connectivity index (χ1) is 12.1. The van der Waals surface area contributed by atoms with Gasteiger partial charge >= 0.3 is 0 Å². The Morgan fingerprint density at radius 2 is 2.00 bits per heavy atom. The molecule has 25 heavy (non-hydrogen) atoms. The number of tetrazole rings is 1. The molecule has 4 rings (SSSR count). The van der Waals surface area contributed by atoms with Crippen molar-refractivity contribution in [3.8, 4) is 0 Å². The Kier molecular flexibility index (Phi) is 3.57. The number of furan rings is 1. The molecule has 3 aromatic rings.